The van der Waals surface area contributed by atoms with E-state index in [9.17, 15) is 14.7 Å². The molecule has 1 N–H and O–H groups in total. The third-order valence-electron chi connectivity index (χ3n) is 5.81. The number of rotatable bonds is 6. The predicted molar refractivity (Wildman–Crippen MR) is 105 cm³/mol. The van der Waals surface area contributed by atoms with Crippen LogP contribution in [0.4, 0.5) is 0 Å². The van der Waals surface area contributed by atoms with E-state index < -0.39 is 11.6 Å². The zero-order chi connectivity index (χ0) is 19.6. The summed E-state index contributed by atoms with van der Waals surface area (Å²) in [6, 6.07) is 16.7. The van der Waals surface area contributed by atoms with Gasteiger partial charge in [-0.15, -0.1) is 0 Å². The average Bonchev–Trinajstić information content (AvgIpc) is 3.50. The molecule has 1 saturated carbocycles. The molecule has 146 valence electrons. The van der Waals surface area contributed by atoms with E-state index in [1.807, 2.05) is 47.4 Å². The van der Waals surface area contributed by atoms with Gasteiger partial charge in [-0.3, -0.25) is 4.79 Å². The highest BCUT2D eigenvalue weighted by Gasteiger charge is 2.55. The number of hydrogen-bond acceptors (Lipinski definition) is 3. The van der Waals surface area contributed by atoms with Crippen LogP contribution in [0.25, 0.3) is 0 Å². The van der Waals surface area contributed by atoms with Gasteiger partial charge in [0.1, 0.15) is 5.75 Å². The van der Waals surface area contributed by atoms with Crippen LogP contribution in [0.2, 0.25) is 0 Å². The van der Waals surface area contributed by atoms with E-state index in [4.69, 9.17) is 4.74 Å². The molecule has 28 heavy (non-hydrogen) atoms. The Kier molecular flexibility index (Phi) is 5.07. The van der Waals surface area contributed by atoms with Crippen molar-refractivity contribution in [3.05, 3.63) is 65.7 Å². The number of amides is 1. The first-order valence-electron chi connectivity index (χ1n) is 9.92. The van der Waals surface area contributed by atoms with Gasteiger partial charge in [0.2, 0.25) is 0 Å². The van der Waals surface area contributed by atoms with E-state index in [0.717, 1.165) is 43.4 Å². The molecular formula is C23H25NO4. The number of likely N-dealkylation sites (tertiary alicyclic amines) is 1. The van der Waals surface area contributed by atoms with Crippen molar-refractivity contribution in [1.82, 2.24) is 4.90 Å². The van der Waals surface area contributed by atoms with Crippen molar-refractivity contribution in [3.8, 4) is 5.75 Å². The summed E-state index contributed by atoms with van der Waals surface area (Å²) in [6.07, 6.45) is 4.07. The number of carbonyl (C=O) groups is 2. The van der Waals surface area contributed by atoms with Gasteiger partial charge >= 0.3 is 5.97 Å². The second kappa shape index (κ2) is 7.66. The minimum absolute atomic E-state index is 0.0979. The van der Waals surface area contributed by atoms with Crippen LogP contribution in [0.3, 0.4) is 0 Å². The molecule has 2 aliphatic rings. The summed E-state index contributed by atoms with van der Waals surface area (Å²) in [5, 5.41) is 9.36. The highest BCUT2D eigenvalue weighted by atomic mass is 16.5. The quantitative estimate of drug-likeness (QED) is 0.829. The first-order chi connectivity index (χ1) is 13.6. The number of carboxylic acids is 1. The largest absolute Gasteiger partial charge is 0.478 e. The highest BCUT2D eigenvalue weighted by Crippen LogP contribution is 2.42. The zero-order valence-corrected chi connectivity index (χ0v) is 15.8. The first kappa shape index (κ1) is 18.5. The maximum absolute atomic E-state index is 13.0. The fourth-order valence-corrected chi connectivity index (χ4v) is 4.03. The van der Waals surface area contributed by atoms with Gasteiger partial charge in [-0.25, -0.2) is 4.79 Å². The Morgan fingerprint density at radius 3 is 2.29 bits per heavy atom. The molecule has 0 radical (unpaired) electrons. The van der Waals surface area contributed by atoms with E-state index in [2.05, 4.69) is 0 Å². The Labute approximate surface area is 164 Å². The van der Waals surface area contributed by atoms with Crippen molar-refractivity contribution in [2.24, 2.45) is 5.92 Å². The monoisotopic (exact) mass is 379 g/mol. The molecule has 5 heteroatoms. The van der Waals surface area contributed by atoms with Gasteiger partial charge in [-0.2, -0.15) is 0 Å². The first-order valence-corrected chi connectivity index (χ1v) is 9.92. The summed E-state index contributed by atoms with van der Waals surface area (Å²) < 4.78 is 6.04. The molecule has 1 aliphatic carbocycles. The van der Waals surface area contributed by atoms with Crippen molar-refractivity contribution < 1.29 is 19.4 Å². The molecule has 2 fully saturated rings. The molecule has 1 heterocycles. The fourth-order valence-electron chi connectivity index (χ4n) is 4.03. The van der Waals surface area contributed by atoms with Crippen LogP contribution in [-0.4, -0.2) is 40.6 Å². The third kappa shape index (κ3) is 3.88. The highest BCUT2D eigenvalue weighted by molar-refractivity contribution is 5.89. The van der Waals surface area contributed by atoms with Crippen molar-refractivity contribution >= 4 is 11.9 Å². The van der Waals surface area contributed by atoms with E-state index >= 15 is 0 Å². The number of aromatic carboxylic acids is 1. The molecule has 2 aromatic carbocycles. The average molecular weight is 379 g/mol. The Morgan fingerprint density at radius 2 is 1.64 bits per heavy atom. The number of benzene rings is 2. The zero-order valence-electron chi connectivity index (χ0n) is 15.8. The maximum atomic E-state index is 13.0. The lowest BCUT2D eigenvalue weighted by Crippen LogP contribution is -2.47. The van der Waals surface area contributed by atoms with Gasteiger partial charge in [-0.1, -0.05) is 36.4 Å². The summed E-state index contributed by atoms with van der Waals surface area (Å²) >= 11 is 0. The number of hydrogen-bond donors (Lipinski definition) is 1. The summed E-state index contributed by atoms with van der Waals surface area (Å²) in [6.45, 7) is 1.41. The van der Waals surface area contributed by atoms with Gasteiger partial charge < -0.3 is 14.7 Å². The molecule has 0 atom stereocenters. The lowest BCUT2D eigenvalue weighted by Gasteiger charge is -2.34. The number of carbonyl (C=O) groups excluding carboxylic acids is 1. The predicted octanol–water partition coefficient (Wildman–Crippen LogP) is 3.78. The van der Waals surface area contributed by atoms with Crippen LogP contribution in [0.5, 0.6) is 5.75 Å². The molecule has 1 aliphatic heterocycles. The normalized spacial score (nSPS) is 18.5. The van der Waals surface area contributed by atoms with E-state index in [0.29, 0.717) is 24.6 Å². The molecule has 1 amide bonds. The summed E-state index contributed by atoms with van der Waals surface area (Å²) in [4.78, 5) is 26.3. The minimum Gasteiger partial charge on any atom is -0.478 e. The summed E-state index contributed by atoms with van der Waals surface area (Å²) in [5.74, 6) is 0.362. The van der Waals surface area contributed by atoms with E-state index in [1.165, 1.54) is 0 Å². The van der Waals surface area contributed by atoms with Crippen molar-refractivity contribution in [2.45, 2.75) is 37.7 Å². The molecule has 0 spiro atoms. The lowest BCUT2D eigenvalue weighted by atomic mass is 9.88. The van der Waals surface area contributed by atoms with Gasteiger partial charge in [0, 0.05) is 25.9 Å². The van der Waals surface area contributed by atoms with Crippen LogP contribution in [-0.2, 0) is 11.2 Å². The SMILES string of the molecule is O=C(O)c1ccccc1CC1CCN(C(=O)C2(Oc3ccccc3)CC2)CC1. The van der Waals surface area contributed by atoms with Crippen LogP contribution in [0.1, 0.15) is 41.6 Å². The Bertz CT molecular complexity index is 852. The van der Waals surface area contributed by atoms with E-state index in [1.54, 1.807) is 12.1 Å². The van der Waals surface area contributed by atoms with Crippen molar-refractivity contribution in [1.29, 1.82) is 0 Å². The molecule has 2 aromatic rings. The van der Waals surface area contributed by atoms with Crippen LogP contribution in [0.15, 0.2) is 54.6 Å². The summed E-state index contributed by atoms with van der Waals surface area (Å²) in [7, 11) is 0. The number of piperidine rings is 1. The summed E-state index contributed by atoms with van der Waals surface area (Å²) in [5.41, 5.74) is 0.587. The molecular weight excluding hydrogens is 354 g/mol. The second-order valence-corrected chi connectivity index (χ2v) is 7.81. The van der Waals surface area contributed by atoms with Crippen molar-refractivity contribution in [2.75, 3.05) is 13.1 Å². The maximum Gasteiger partial charge on any atom is 0.335 e. The van der Waals surface area contributed by atoms with Crippen LogP contribution >= 0.6 is 0 Å². The Hall–Kier alpha value is -2.82. The minimum atomic E-state index is -0.878. The Balaban J connectivity index is 1.34. The van der Waals surface area contributed by atoms with Crippen molar-refractivity contribution in [3.63, 3.8) is 0 Å². The topological polar surface area (TPSA) is 66.8 Å². The lowest BCUT2D eigenvalue weighted by molar-refractivity contribution is -0.142. The van der Waals surface area contributed by atoms with Crippen LogP contribution < -0.4 is 4.74 Å². The number of carboxylic acid groups (broad SMARTS) is 1. The number of nitrogens with zero attached hydrogens (tertiary/aromatic N) is 1. The molecule has 0 bridgehead atoms. The molecule has 0 aromatic heterocycles. The number of para-hydroxylation sites is 1. The second-order valence-electron chi connectivity index (χ2n) is 7.81. The standard InChI is InChI=1S/C23H25NO4/c25-21(26)20-9-5-4-6-18(20)16-17-10-14-24(15-11-17)22(27)23(12-13-23)28-19-7-2-1-3-8-19/h1-9,17H,10-16H2,(H,25,26). The van der Waals surface area contributed by atoms with Crippen LogP contribution in [0, 0.1) is 5.92 Å². The smallest absolute Gasteiger partial charge is 0.335 e. The third-order valence-corrected chi connectivity index (χ3v) is 5.81. The molecule has 5 nitrogen and oxygen atoms in total. The number of ether oxygens (including phenoxy) is 1. The fraction of sp³-hybridized carbons (Fsp3) is 0.391. The van der Waals surface area contributed by atoms with E-state index in [-0.39, 0.29) is 5.91 Å². The molecule has 1 saturated heterocycles. The van der Waals surface area contributed by atoms with Gasteiger partial charge in [0.05, 0.1) is 5.56 Å². The van der Waals surface area contributed by atoms with Gasteiger partial charge in [0.25, 0.3) is 5.91 Å². The molecule has 0 unspecified atom stereocenters. The van der Waals surface area contributed by atoms with Gasteiger partial charge in [-0.05, 0) is 48.9 Å². The Morgan fingerprint density at radius 1 is 1.00 bits per heavy atom. The molecule has 4 rings (SSSR count). The van der Waals surface area contributed by atoms with Gasteiger partial charge in [0.15, 0.2) is 5.60 Å².